The fourth-order valence-electron chi connectivity index (χ4n) is 3.87. The largest absolute Gasteiger partial charge is 0.489 e. The van der Waals surface area contributed by atoms with Gasteiger partial charge < -0.3 is 14.6 Å². The highest BCUT2D eigenvalue weighted by Crippen LogP contribution is 2.39. The molecule has 0 radical (unpaired) electrons. The monoisotopic (exact) mass is 434 g/mol. The molecule has 1 aliphatic carbocycles. The molecule has 0 bridgehead atoms. The van der Waals surface area contributed by atoms with Crippen molar-refractivity contribution in [1.82, 2.24) is 25.0 Å². The van der Waals surface area contributed by atoms with E-state index in [4.69, 9.17) is 16.4 Å². The summed E-state index contributed by atoms with van der Waals surface area (Å²) < 4.78 is 7.91. The average Bonchev–Trinajstić information content (AvgIpc) is 3.56. The van der Waals surface area contributed by atoms with E-state index in [9.17, 15) is 4.79 Å². The smallest absolute Gasteiger partial charge is 0.274 e. The van der Waals surface area contributed by atoms with Gasteiger partial charge in [0.2, 0.25) is 0 Å². The van der Waals surface area contributed by atoms with Crippen LogP contribution in [0.1, 0.15) is 53.6 Å². The molecule has 10 nitrogen and oxygen atoms in total. The lowest BCUT2D eigenvalue weighted by atomic mass is 10.1. The van der Waals surface area contributed by atoms with Gasteiger partial charge in [-0.25, -0.2) is 15.4 Å². The van der Waals surface area contributed by atoms with Gasteiger partial charge in [-0.3, -0.25) is 21.5 Å². The van der Waals surface area contributed by atoms with E-state index in [0.717, 1.165) is 16.9 Å². The lowest BCUT2D eigenvalue weighted by Gasteiger charge is -2.28. The lowest BCUT2D eigenvalue weighted by molar-refractivity contribution is 0.101. The van der Waals surface area contributed by atoms with Crippen LogP contribution in [-0.4, -0.2) is 38.1 Å². The lowest BCUT2D eigenvalue weighted by Crippen LogP contribution is -2.50. The van der Waals surface area contributed by atoms with Gasteiger partial charge in [-0.1, -0.05) is 12.1 Å². The third-order valence-corrected chi connectivity index (χ3v) is 5.89. The summed E-state index contributed by atoms with van der Waals surface area (Å²) in [5, 5.41) is 4.52. The Kier molecular flexibility index (Phi) is 5.35. The summed E-state index contributed by atoms with van der Waals surface area (Å²) in [5.41, 5.74) is 6.19. The summed E-state index contributed by atoms with van der Waals surface area (Å²) in [6.45, 7) is 2.29. The van der Waals surface area contributed by atoms with Crippen LogP contribution in [0.25, 0.3) is 5.69 Å². The summed E-state index contributed by atoms with van der Waals surface area (Å²) in [6.07, 6.45) is 7.32. The van der Waals surface area contributed by atoms with Gasteiger partial charge in [0.1, 0.15) is 24.2 Å². The van der Waals surface area contributed by atoms with E-state index in [0.29, 0.717) is 24.0 Å². The van der Waals surface area contributed by atoms with Crippen LogP contribution < -0.4 is 27.2 Å². The molecular weight excluding hydrogens is 408 g/mol. The first-order valence-corrected chi connectivity index (χ1v) is 10.6. The Hall–Kier alpha value is -3.31. The predicted octanol–water partition coefficient (Wildman–Crippen LogP) is 1.82. The number of nitrogens with two attached hydrogens (primary N) is 2. The number of rotatable bonds is 5. The second-order valence-corrected chi connectivity index (χ2v) is 8.23. The zero-order chi connectivity index (χ0) is 22.2. The maximum Gasteiger partial charge on any atom is 0.274 e. The fraction of sp³-hybridized carbons (Fsp3) is 0.318. The van der Waals surface area contributed by atoms with E-state index < -0.39 is 6.17 Å². The molecule has 2 atom stereocenters. The molecule has 0 saturated heterocycles. The molecular formula is C22H26N8O2. The van der Waals surface area contributed by atoms with Crippen LogP contribution in [0.3, 0.4) is 0 Å². The standard InChI is InChI=1S/C22H26N8O2/c1-13-11-32-20-16(21(28-23)30(13)24)3-2-4-17(20)27-22(31)18-9-15(7-8-25-18)29-10-19(26-12-29)14-5-6-14/h2-4,7-10,12-14,21,28H,5-6,11,23-24H2,1H3,(H,27,31)/t13-,21?/m1/s1. The molecule has 1 fully saturated rings. The summed E-state index contributed by atoms with van der Waals surface area (Å²) >= 11 is 0. The van der Waals surface area contributed by atoms with E-state index in [-0.39, 0.29) is 17.6 Å². The van der Waals surface area contributed by atoms with Crippen molar-refractivity contribution in [3.8, 4) is 11.4 Å². The fourth-order valence-corrected chi connectivity index (χ4v) is 3.87. The van der Waals surface area contributed by atoms with Crippen molar-refractivity contribution in [3.05, 3.63) is 66.0 Å². The number of aromatic nitrogens is 3. The second kappa shape index (κ2) is 8.32. The summed E-state index contributed by atoms with van der Waals surface area (Å²) in [7, 11) is 0. The van der Waals surface area contributed by atoms with E-state index in [1.807, 2.05) is 35.9 Å². The Balaban J connectivity index is 1.40. The predicted molar refractivity (Wildman–Crippen MR) is 119 cm³/mol. The van der Waals surface area contributed by atoms with Gasteiger partial charge in [-0.2, -0.15) is 0 Å². The summed E-state index contributed by atoms with van der Waals surface area (Å²) in [4.78, 5) is 21.8. The molecule has 1 saturated carbocycles. The number of anilines is 1. The van der Waals surface area contributed by atoms with Gasteiger partial charge in [0.05, 0.1) is 29.4 Å². The van der Waals surface area contributed by atoms with Crippen molar-refractivity contribution < 1.29 is 9.53 Å². The third kappa shape index (κ3) is 3.84. The average molecular weight is 435 g/mol. The van der Waals surface area contributed by atoms with Gasteiger partial charge >= 0.3 is 0 Å². The number of nitrogens with zero attached hydrogens (tertiary/aromatic N) is 4. The Bertz CT molecular complexity index is 1140. The molecule has 3 aromatic rings. The highest BCUT2D eigenvalue weighted by Gasteiger charge is 2.30. The number of ether oxygens (including phenoxy) is 1. The Morgan fingerprint density at radius 3 is 2.88 bits per heavy atom. The van der Waals surface area contributed by atoms with Crippen molar-refractivity contribution in [1.29, 1.82) is 0 Å². The molecule has 1 unspecified atom stereocenters. The van der Waals surface area contributed by atoms with Gasteiger partial charge in [-0.05, 0) is 38.0 Å². The molecule has 1 aromatic carbocycles. The van der Waals surface area contributed by atoms with E-state index in [1.165, 1.54) is 12.8 Å². The molecule has 2 aromatic heterocycles. The number of para-hydroxylation sites is 1. The molecule has 32 heavy (non-hydrogen) atoms. The van der Waals surface area contributed by atoms with E-state index in [2.05, 4.69) is 20.7 Å². The maximum atomic E-state index is 13.0. The van der Waals surface area contributed by atoms with Crippen LogP contribution >= 0.6 is 0 Å². The number of hydrogen-bond donors (Lipinski definition) is 4. The minimum Gasteiger partial charge on any atom is -0.489 e. The van der Waals surface area contributed by atoms with Gasteiger partial charge in [-0.15, -0.1) is 0 Å². The number of carbonyl (C=O) groups excluding carboxylic acids is 1. The minimum absolute atomic E-state index is 0.0824. The number of carbonyl (C=O) groups is 1. The molecule has 5 rings (SSSR count). The summed E-state index contributed by atoms with van der Waals surface area (Å²) in [5.74, 6) is 12.7. The first-order chi connectivity index (χ1) is 15.5. The molecule has 6 N–H and O–H groups in total. The molecule has 3 heterocycles. The number of amides is 1. The molecule has 10 heteroatoms. The van der Waals surface area contributed by atoms with Gasteiger partial charge in [0.15, 0.2) is 0 Å². The Morgan fingerprint density at radius 2 is 2.09 bits per heavy atom. The number of imidazole rings is 1. The van der Waals surface area contributed by atoms with Gasteiger partial charge in [0, 0.05) is 23.9 Å². The third-order valence-electron chi connectivity index (χ3n) is 5.89. The van der Waals surface area contributed by atoms with Crippen molar-refractivity contribution in [2.75, 3.05) is 11.9 Å². The first kappa shape index (κ1) is 20.6. The highest BCUT2D eigenvalue weighted by molar-refractivity contribution is 6.04. The summed E-state index contributed by atoms with van der Waals surface area (Å²) in [6, 6.07) is 8.97. The van der Waals surface area contributed by atoms with Crippen molar-refractivity contribution in [3.63, 3.8) is 0 Å². The van der Waals surface area contributed by atoms with Crippen LogP contribution in [0.4, 0.5) is 5.69 Å². The highest BCUT2D eigenvalue weighted by atomic mass is 16.5. The maximum absolute atomic E-state index is 13.0. The number of hydrazine groups is 2. The second-order valence-electron chi connectivity index (χ2n) is 8.23. The molecule has 1 amide bonds. The number of pyridine rings is 1. The number of hydrogen-bond acceptors (Lipinski definition) is 8. The quantitative estimate of drug-likeness (QED) is 0.353. The number of fused-ring (bicyclic) bond motifs is 1. The number of benzene rings is 1. The topological polar surface area (TPSA) is 136 Å². The van der Waals surface area contributed by atoms with Crippen LogP contribution in [0.15, 0.2) is 49.1 Å². The minimum atomic E-state index is -0.456. The Morgan fingerprint density at radius 1 is 1.25 bits per heavy atom. The first-order valence-electron chi connectivity index (χ1n) is 10.6. The zero-order valence-corrected chi connectivity index (χ0v) is 17.7. The van der Waals surface area contributed by atoms with E-state index in [1.54, 1.807) is 29.7 Å². The Labute approximate surface area is 185 Å². The molecule has 1 aliphatic heterocycles. The van der Waals surface area contributed by atoms with Crippen LogP contribution in [0.5, 0.6) is 5.75 Å². The van der Waals surface area contributed by atoms with E-state index >= 15 is 0 Å². The number of nitrogens with one attached hydrogen (secondary N) is 2. The van der Waals surface area contributed by atoms with Crippen LogP contribution in [-0.2, 0) is 0 Å². The van der Waals surface area contributed by atoms with Gasteiger partial charge in [0.25, 0.3) is 5.91 Å². The van der Waals surface area contributed by atoms with Crippen molar-refractivity contribution in [2.45, 2.75) is 37.9 Å². The van der Waals surface area contributed by atoms with Crippen LogP contribution in [0, 0.1) is 0 Å². The molecule has 166 valence electrons. The SMILES string of the molecule is C[C@@H]1COc2c(NC(=O)c3cc(-n4cnc(C5CC5)c4)ccn3)cccc2C(NN)N1N. The zero-order valence-electron chi connectivity index (χ0n) is 17.7. The van der Waals surface area contributed by atoms with Crippen LogP contribution in [0.2, 0.25) is 0 Å². The van der Waals surface area contributed by atoms with Crippen molar-refractivity contribution >= 4 is 11.6 Å². The van der Waals surface area contributed by atoms with Crippen molar-refractivity contribution in [2.24, 2.45) is 11.7 Å². The molecule has 0 spiro atoms. The normalized spacial score (nSPS) is 20.8. The molecule has 2 aliphatic rings.